The van der Waals surface area contributed by atoms with Gasteiger partial charge in [0, 0.05) is 15.5 Å². The van der Waals surface area contributed by atoms with Gasteiger partial charge in [-0.1, -0.05) is 6.07 Å². The average molecular weight is 193 g/mol. The maximum atomic E-state index is 10.8. The number of thiophene rings is 1. The second-order valence-electron chi connectivity index (χ2n) is 2.67. The highest BCUT2D eigenvalue weighted by molar-refractivity contribution is 7.17. The van der Waals surface area contributed by atoms with Crippen molar-refractivity contribution in [1.82, 2.24) is 0 Å². The molecule has 3 N–H and O–H groups in total. The van der Waals surface area contributed by atoms with E-state index in [9.17, 15) is 4.79 Å². The van der Waals surface area contributed by atoms with E-state index in [0.29, 0.717) is 11.1 Å². The van der Waals surface area contributed by atoms with Crippen LogP contribution in [0.2, 0.25) is 0 Å². The Kier molecular flexibility index (Phi) is 1.70. The highest BCUT2D eigenvalue weighted by Gasteiger charge is 2.11. The van der Waals surface area contributed by atoms with Crippen LogP contribution in [0.15, 0.2) is 23.6 Å². The maximum absolute atomic E-state index is 10.8. The third-order valence-electron chi connectivity index (χ3n) is 1.86. The molecule has 0 radical (unpaired) electrons. The molecule has 3 nitrogen and oxygen atoms in total. The van der Waals surface area contributed by atoms with Crippen molar-refractivity contribution in [2.45, 2.75) is 0 Å². The number of hydrogen-bond acceptors (Lipinski definition) is 3. The molecule has 0 amide bonds. The summed E-state index contributed by atoms with van der Waals surface area (Å²) in [6.07, 6.45) is 0. The Labute approximate surface area is 78.4 Å². The number of nitrogen functional groups attached to an aromatic ring is 1. The van der Waals surface area contributed by atoms with Crippen LogP contribution in [0.25, 0.3) is 10.1 Å². The van der Waals surface area contributed by atoms with E-state index in [1.807, 2.05) is 6.07 Å². The normalized spacial score (nSPS) is 10.5. The topological polar surface area (TPSA) is 63.3 Å². The average Bonchev–Trinajstić information content (AvgIpc) is 2.48. The largest absolute Gasteiger partial charge is 0.478 e. The summed E-state index contributed by atoms with van der Waals surface area (Å²) in [5.74, 6) is -0.935. The molecule has 0 bridgehead atoms. The summed E-state index contributed by atoms with van der Waals surface area (Å²) in [6.45, 7) is 0. The SMILES string of the molecule is Nc1csc2cccc(C(=O)O)c12. The number of carbonyl (C=O) groups is 1. The summed E-state index contributed by atoms with van der Waals surface area (Å²) in [5.41, 5.74) is 6.48. The molecule has 0 aliphatic rings. The van der Waals surface area contributed by atoms with Gasteiger partial charge in [0.2, 0.25) is 0 Å². The summed E-state index contributed by atoms with van der Waals surface area (Å²) in [4.78, 5) is 10.8. The molecule has 13 heavy (non-hydrogen) atoms. The van der Waals surface area contributed by atoms with Gasteiger partial charge < -0.3 is 10.8 Å². The minimum absolute atomic E-state index is 0.274. The molecule has 2 aromatic rings. The lowest BCUT2D eigenvalue weighted by atomic mass is 10.1. The predicted octanol–water partition coefficient (Wildman–Crippen LogP) is 2.18. The molecule has 0 saturated heterocycles. The number of nitrogens with two attached hydrogens (primary N) is 1. The first-order valence-corrected chi connectivity index (χ1v) is 4.57. The second-order valence-corrected chi connectivity index (χ2v) is 3.59. The monoisotopic (exact) mass is 193 g/mol. The minimum Gasteiger partial charge on any atom is -0.478 e. The van der Waals surface area contributed by atoms with Gasteiger partial charge in [-0.25, -0.2) is 4.79 Å². The van der Waals surface area contributed by atoms with Crippen LogP contribution in [0.1, 0.15) is 10.4 Å². The van der Waals surface area contributed by atoms with E-state index >= 15 is 0 Å². The van der Waals surface area contributed by atoms with E-state index < -0.39 is 5.97 Å². The smallest absolute Gasteiger partial charge is 0.336 e. The molecule has 1 heterocycles. The van der Waals surface area contributed by atoms with Crippen molar-refractivity contribution in [3.8, 4) is 0 Å². The van der Waals surface area contributed by atoms with Crippen LogP contribution in [0.3, 0.4) is 0 Å². The number of aromatic carboxylic acids is 1. The quantitative estimate of drug-likeness (QED) is 0.729. The van der Waals surface area contributed by atoms with Crippen LogP contribution in [0, 0.1) is 0 Å². The maximum Gasteiger partial charge on any atom is 0.336 e. The molecule has 0 spiro atoms. The number of carboxylic acid groups (broad SMARTS) is 1. The highest BCUT2D eigenvalue weighted by Crippen LogP contribution is 2.30. The van der Waals surface area contributed by atoms with Crippen molar-refractivity contribution in [2.75, 3.05) is 5.73 Å². The molecule has 0 aliphatic heterocycles. The number of rotatable bonds is 1. The van der Waals surface area contributed by atoms with Crippen molar-refractivity contribution >= 4 is 33.1 Å². The van der Waals surface area contributed by atoms with E-state index in [0.717, 1.165) is 4.70 Å². The zero-order chi connectivity index (χ0) is 9.42. The fraction of sp³-hybridized carbons (Fsp3) is 0. The third kappa shape index (κ3) is 1.15. The Morgan fingerprint density at radius 1 is 1.46 bits per heavy atom. The molecule has 1 aromatic heterocycles. The molecule has 1 aromatic carbocycles. The Bertz CT molecular complexity index is 475. The number of benzene rings is 1. The molecule has 66 valence electrons. The summed E-state index contributed by atoms with van der Waals surface area (Å²) in [6, 6.07) is 5.15. The van der Waals surface area contributed by atoms with Crippen LogP contribution < -0.4 is 5.73 Å². The van der Waals surface area contributed by atoms with Gasteiger partial charge in [0.1, 0.15) is 0 Å². The molecule has 2 rings (SSSR count). The molecule has 0 saturated carbocycles. The standard InChI is InChI=1S/C9H7NO2S/c10-6-4-13-7-3-1-2-5(8(6)7)9(11)12/h1-4H,10H2,(H,11,12). The van der Waals surface area contributed by atoms with Gasteiger partial charge in [-0.15, -0.1) is 11.3 Å². The zero-order valence-corrected chi connectivity index (χ0v) is 7.47. The summed E-state index contributed by atoms with van der Waals surface area (Å²) in [5, 5.41) is 11.3. The molecular formula is C9H7NO2S. The zero-order valence-electron chi connectivity index (χ0n) is 6.65. The van der Waals surface area contributed by atoms with Crippen LogP contribution >= 0.6 is 11.3 Å². The molecular weight excluding hydrogens is 186 g/mol. The van der Waals surface area contributed by atoms with E-state index in [4.69, 9.17) is 10.8 Å². The predicted molar refractivity (Wildman–Crippen MR) is 53.2 cm³/mol. The summed E-state index contributed by atoms with van der Waals surface area (Å²) in [7, 11) is 0. The van der Waals surface area contributed by atoms with Gasteiger partial charge in [-0.2, -0.15) is 0 Å². The van der Waals surface area contributed by atoms with E-state index in [2.05, 4.69) is 0 Å². The van der Waals surface area contributed by atoms with Gasteiger partial charge >= 0.3 is 5.97 Å². The summed E-state index contributed by atoms with van der Waals surface area (Å²) < 4.78 is 0.914. The summed E-state index contributed by atoms with van der Waals surface area (Å²) >= 11 is 1.46. The van der Waals surface area contributed by atoms with Crippen molar-refractivity contribution in [3.05, 3.63) is 29.1 Å². The second kappa shape index (κ2) is 2.74. The van der Waals surface area contributed by atoms with Gasteiger partial charge in [0.25, 0.3) is 0 Å². The van der Waals surface area contributed by atoms with Crippen molar-refractivity contribution in [1.29, 1.82) is 0 Å². The van der Waals surface area contributed by atoms with Crippen molar-refractivity contribution in [2.24, 2.45) is 0 Å². The van der Waals surface area contributed by atoms with Crippen LogP contribution in [0.4, 0.5) is 5.69 Å². The Morgan fingerprint density at radius 3 is 2.92 bits per heavy atom. The van der Waals surface area contributed by atoms with E-state index in [-0.39, 0.29) is 5.56 Å². The first-order chi connectivity index (χ1) is 6.20. The van der Waals surface area contributed by atoms with Crippen LogP contribution in [-0.4, -0.2) is 11.1 Å². The lowest BCUT2D eigenvalue weighted by Crippen LogP contribution is -1.97. The van der Waals surface area contributed by atoms with E-state index in [1.165, 1.54) is 11.3 Å². The lowest BCUT2D eigenvalue weighted by molar-refractivity contribution is 0.0699. The number of hydrogen-bond donors (Lipinski definition) is 2. The Balaban J connectivity index is 2.88. The van der Waals surface area contributed by atoms with Crippen LogP contribution in [0.5, 0.6) is 0 Å². The highest BCUT2D eigenvalue weighted by atomic mass is 32.1. The van der Waals surface area contributed by atoms with Crippen LogP contribution in [-0.2, 0) is 0 Å². The first-order valence-electron chi connectivity index (χ1n) is 3.69. The number of fused-ring (bicyclic) bond motifs is 1. The number of anilines is 1. The molecule has 4 heteroatoms. The fourth-order valence-corrected chi connectivity index (χ4v) is 2.17. The molecule has 0 fully saturated rings. The van der Waals surface area contributed by atoms with Gasteiger partial charge in [-0.05, 0) is 12.1 Å². The Morgan fingerprint density at radius 2 is 2.23 bits per heavy atom. The van der Waals surface area contributed by atoms with Gasteiger partial charge in [0.15, 0.2) is 0 Å². The number of carboxylic acids is 1. The third-order valence-corrected chi connectivity index (χ3v) is 2.82. The minimum atomic E-state index is -0.935. The van der Waals surface area contributed by atoms with Gasteiger partial charge in [0.05, 0.1) is 11.3 Å². The fourth-order valence-electron chi connectivity index (χ4n) is 1.29. The van der Waals surface area contributed by atoms with Crippen molar-refractivity contribution < 1.29 is 9.90 Å². The molecule has 0 atom stereocenters. The lowest BCUT2D eigenvalue weighted by Gasteiger charge is -1.97. The van der Waals surface area contributed by atoms with Crippen molar-refractivity contribution in [3.63, 3.8) is 0 Å². The molecule has 0 unspecified atom stereocenters. The van der Waals surface area contributed by atoms with Gasteiger partial charge in [-0.3, -0.25) is 0 Å². The first kappa shape index (κ1) is 8.07. The molecule has 0 aliphatic carbocycles. The Hall–Kier alpha value is -1.55. The van der Waals surface area contributed by atoms with E-state index in [1.54, 1.807) is 17.5 Å².